The summed E-state index contributed by atoms with van der Waals surface area (Å²) in [5.41, 5.74) is 0. The first-order chi connectivity index (χ1) is 4.62. The number of hydrogen-bond acceptors (Lipinski definition) is 5. The lowest BCUT2D eigenvalue weighted by Crippen LogP contribution is -2.04. The van der Waals surface area contributed by atoms with E-state index < -0.39 is 10.1 Å². The monoisotopic (exact) mass is 163 g/mol. The van der Waals surface area contributed by atoms with Gasteiger partial charge in [-0.15, -0.1) is 6.58 Å². The molecule has 0 spiro atoms. The lowest BCUT2D eigenvalue weighted by molar-refractivity contribution is 0.337. The van der Waals surface area contributed by atoms with Gasteiger partial charge in [0.25, 0.3) is 6.08 Å². The highest BCUT2D eigenvalue weighted by atomic mass is 32.2. The number of hydrogen-bond donors (Lipinski definition) is 0. The summed E-state index contributed by atoms with van der Waals surface area (Å²) in [6.45, 7) is 3.15. The van der Waals surface area contributed by atoms with Crippen LogP contribution in [-0.2, 0) is 19.2 Å². The Morgan fingerprint density at radius 1 is 1.70 bits per heavy atom. The summed E-state index contributed by atoms with van der Waals surface area (Å²) in [4.78, 5) is 9.35. The molecule has 0 radical (unpaired) electrons. The fourth-order valence-electron chi connectivity index (χ4n) is 0.247. The first-order valence-electron chi connectivity index (χ1n) is 2.22. The van der Waals surface area contributed by atoms with Crippen molar-refractivity contribution in [2.75, 3.05) is 5.75 Å². The summed E-state index contributed by atoms with van der Waals surface area (Å²) in [5, 5.41) is 2.42. The molecule has 0 aliphatic heterocycles. The van der Waals surface area contributed by atoms with Crippen LogP contribution in [0.15, 0.2) is 17.8 Å². The molecule has 0 aromatic heterocycles. The van der Waals surface area contributed by atoms with Gasteiger partial charge in [0, 0.05) is 5.16 Å². The van der Waals surface area contributed by atoms with Crippen LogP contribution in [-0.4, -0.2) is 20.3 Å². The zero-order chi connectivity index (χ0) is 8.04. The summed E-state index contributed by atoms with van der Waals surface area (Å²) in [6, 6.07) is 0. The molecule has 0 N–H and O–H groups in total. The van der Waals surface area contributed by atoms with E-state index in [1.54, 1.807) is 0 Å². The van der Waals surface area contributed by atoms with E-state index in [2.05, 4.69) is 16.0 Å². The molecule has 0 aliphatic rings. The minimum Gasteiger partial charge on any atom is -0.256 e. The van der Waals surface area contributed by atoms with Gasteiger partial charge in [-0.2, -0.15) is 8.42 Å². The minimum atomic E-state index is -3.74. The summed E-state index contributed by atoms with van der Waals surface area (Å²) in [7, 11) is -3.74. The van der Waals surface area contributed by atoms with Crippen molar-refractivity contribution in [3.63, 3.8) is 0 Å². The lowest BCUT2D eigenvalue weighted by Gasteiger charge is -1.91. The molecule has 0 fully saturated rings. The second-order valence-corrected chi connectivity index (χ2v) is 2.87. The molecular formula is C4H5NO4S. The molecule has 0 saturated heterocycles. The van der Waals surface area contributed by atoms with E-state index in [4.69, 9.17) is 0 Å². The first-order valence-corrected chi connectivity index (χ1v) is 3.79. The molecule has 6 heteroatoms. The number of isocyanates is 1. The fraction of sp³-hybridized carbons (Fsp3) is 0.250. The van der Waals surface area contributed by atoms with Crippen LogP contribution in [0.5, 0.6) is 0 Å². The molecule has 0 atom stereocenters. The highest BCUT2D eigenvalue weighted by Crippen LogP contribution is 1.91. The van der Waals surface area contributed by atoms with Gasteiger partial charge >= 0.3 is 10.1 Å². The standard InChI is InChI=1S/C4H5NO4S/c1-2-3-10(7,8)9-5-4-6/h2H,1,3H2. The van der Waals surface area contributed by atoms with Gasteiger partial charge in [-0.3, -0.25) is 4.28 Å². The van der Waals surface area contributed by atoms with Gasteiger partial charge in [-0.05, 0) is 0 Å². The van der Waals surface area contributed by atoms with E-state index in [1.165, 1.54) is 0 Å². The molecule has 0 aromatic carbocycles. The van der Waals surface area contributed by atoms with E-state index in [1.807, 2.05) is 0 Å². The Labute approximate surface area is 58.1 Å². The van der Waals surface area contributed by atoms with Crippen LogP contribution >= 0.6 is 0 Å². The Kier molecular flexibility index (Phi) is 3.38. The van der Waals surface area contributed by atoms with Crippen LogP contribution in [0.3, 0.4) is 0 Å². The van der Waals surface area contributed by atoms with E-state index >= 15 is 0 Å². The van der Waals surface area contributed by atoms with E-state index in [0.29, 0.717) is 0 Å². The summed E-state index contributed by atoms with van der Waals surface area (Å²) in [5.74, 6) is -0.377. The lowest BCUT2D eigenvalue weighted by atomic mass is 10.8. The van der Waals surface area contributed by atoms with E-state index in [9.17, 15) is 13.2 Å². The second kappa shape index (κ2) is 3.81. The predicted molar refractivity (Wildman–Crippen MR) is 33.2 cm³/mol. The third-order valence-electron chi connectivity index (χ3n) is 0.510. The van der Waals surface area contributed by atoms with E-state index in [-0.39, 0.29) is 5.75 Å². The number of rotatable bonds is 4. The largest absolute Gasteiger partial charge is 0.333 e. The second-order valence-electron chi connectivity index (χ2n) is 1.27. The third-order valence-corrected chi connectivity index (χ3v) is 1.46. The van der Waals surface area contributed by atoms with Gasteiger partial charge in [0.1, 0.15) is 5.75 Å². The van der Waals surface area contributed by atoms with Crippen LogP contribution in [0, 0.1) is 0 Å². The van der Waals surface area contributed by atoms with Crippen molar-refractivity contribution in [2.45, 2.75) is 0 Å². The summed E-state index contributed by atoms with van der Waals surface area (Å²) >= 11 is 0. The first kappa shape index (κ1) is 8.87. The molecule has 5 nitrogen and oxygen atoms in total. The Morgan fingerprint density at radius 3 is 2.70 bits per heavy atom. The van der Waals surface area contributed by atoms with Crippen molar-refractivity contribution in [1.29, 1.82) is 0 Å². The molecule has 10 heavy (non-hydrogen) atoms. The molecule has 0 aliphatic carbocycles. The zero-order valence-electron chi connectivity index (χ0n) is 4.98. The highest BCUT2D eigenvalue weighted by Gasteiger charge is 2.06. The smallest absolute Gasteiger partial charge is 0.256 e. The number of carbonyl (C=O) groups excluding carboxylic acids is 1. The molecule has 0 saturated carbocycles. The van der Waals surface area contributed by atoms with Crippen molar-refractivity contribution in [3.05, 3.63) is 12.7 Å². The van der Waals surface area contributed by atoms with Gasteiger partial charge in [0.2, 0.25) is 0 Å². The third kappa shape index (κ3) is 3.82. The van der Waals surface area contributed by atoms with Gasteiger partial charge in [0.05, 0.1) is 0 Å². The Morgan fingerprint density at radius 2 is 2.30 bits per heavy atom. The molecule has 0 unspecified atom stereocenters. The molecular weight excluding hydrogens is 158 g/mol. The normalized spacial score (nSPS) is 9.60. The number of nitrogens with zero attached hydrogens (tertiary/aromatic N) is 1. The van der Waals surface area contributed by atoms with Crippen molar-refractivity contribution in [1.82, 2.24) is 0 Å². The predicted octanol–water partition coefficient (Wildman–Crippen LogP) is -0.230. The molecule has 0 heterocycles. The van der Waals surface area contributed by atoms with Crippen molar-refractivity contribution < 1.29 is 17.5 Å². The highest BCUT2D eigenvalue weighted by molar-refractivity contribution is 7.86. The van der Waals surface area contributed by atoms with Crippen molar-refractivity contribution >= 4 is 16.2 Å². The van der Waals surface area contributed by atoms with Gasteiger partial charge < -0.3 is 0 Å². The minimum absolute atomic E-state index is 0.377. The van der Waals surface area contributed by atoms with Crippen LogP contribution in [0.25, 0.3) is 0 Å². The maximum Gasteiger partial charge on any atom is 0.333 e. The molecule has 0 amide bonds. The Bertz CT molecular complexity index is 248. The topological polar surface area (TPSA) is 72.8 Å². The Balaban J connectivity index is 4.13. The van der Waals surface area contributed by atoms with Crippen molar-refractivity contribution in [2.24, 2.45) is 5.16 Å². The quantitative estimate of drug-likeness (QED) is 0.248. The Hall–Kier alpha value is -1.13. The van der Waals surface area contributed by atoms with Crippen LogP contribution < -0.4 is 0 Å². The van der Waals surface area contributed by atoms with Crippen molar-refractivity contribution in [3.8, 4) is 0 Å². The van der Waals surface area contributed by atoms with Crippen LogP contribution in [0.1, 0.15) is 0 Å². The molecule has 0 aromatic rings. The maximum absolute atomic E-state index is 10.4. The SMILES string of the molecule is C=CCS(=O)(=O)ON=C=O. The van der Waals surface area contributed by atoms with Gasteiger partial charge in [-0.1, -0.05) is 6.08 Å². The van der Waals surface area contributed by atoms with E-state index in [0.717, 1.165) is 12.2 Å². The average Bonchev–Trinajstić information content (AvgIpc) is 1.84. The molecule has 56 valence electrons. The average molecular weight is 163 g/mol. The van der Waals surface area contributed by atoms with Gasteiger partial charge in [0.15, 0.2) is 0 Å². The summed E-state index contributed by atoms with van der Waals surface area (Å²) < 4.78 is 24.6. The van der Waals surface area contributed by atoms with Crippen LogP contribution in [0.4, 0.5) is 0 Å². The van der Waals surface area contributed by atoms with Gasteiger partial charge in [-0.25, -0.2) is 4.79 Å². The van der Waals surface area contributed by atoms with Crippen LogP contribution in [0.2, 0.25) is 0 Å². The molecule has 0 rings (SSSR count). The molecule has 0 bridgehead atoms. The maximum atomic E-state index is 10.4. The summed E-state index contributed by atoms with van der Waals surface area (Å²) in [6.07, 6.45) is 2.04. The zero-order valence-corrected chi connectivity index (χ0v) is 5.80. The fourth-order valence-corrected chi connectivity index (χ4v) is 0.740.